The first kappa shape index (κ1) is 14.8. The zero-order chi connectivity index (χ0) is 13.9. The highest BCUT2D eigenvalue weighted by molar-refractivity contribution is 5.72. The van der Waals surface area contributed by atoms with E-state index in [1.54, 1.807) is 0 Å². The number of nitrogens with one attached hydrogen (secondary N) is 1. The molecule has 2 rings (SSSR count). The molecule has 3 unspecified atom stereocenters. The van der Waals surface area contributed by atoms with Crippen LogP contribution in [0.1, 0.15) is 65.7 Å². The molecule has 0 spiro atoms. The van der Waals surface area contributed by atoms with Crippen LogP contribution in [0.4, 0.5) is 0 Å². The van der Waals surface area contributed by atoms with Crippen molar-refractivity contribution in [2.45, 2.75) is 77.8 Å². The molecule has 0 aromatic rings. The van der Waals surface area contributed by atoms with Gasteiger partial charge in [-0.2, -0.15) is 0 Å². The minimum absolute atomic E-state index is 0.0146. The zero-order valence-corrected chi connectivity index (χ0v) is 12.7. The lowest BCUT2D eigenvalue weighted by atomic mass is 9.85. The van der Waals surface area contributed by atoms with Gasteiger partial charge in [-0.3, -0.25) is 4.79 Å². The number of carbonyl (C=O) groups is 1. The maximum absolute atomic E-state index is 11.8. The highest BCUT2D eigenvalue weighted by Crippen LogP contribution is 2.38. The quantitative estimate of drug-likeness (QED) is 0.794. The molecule has 19 heavy (non-hydrogen) atoms. The van der Waals surface area contributed by atoms with E-state index >= 15 is 0 Å². The van der Waals surface area contributed by atoms with Crippen molar-refractivity contribution in [2.75, 3.05) is 6.61 Å². The summed E-state index contributed by atoms with van der Waals surface area (Å²) in [5.41, 5.74) is 0.493. The largest absolute Gasteiger partial charge is 0.466 e. The first-order valence-electron chi connectivity index (χ1n) is 7.93. The van der Waals surface area contributed by atoms with Gasteiger partial charge in [-0.05, 0) is 50.9 Å². The Balaban J connectivity index is 1.80. The topological polar surface area (TPSA) is 38.3 Å². The molecule has 0 heterocycles. The third-order valence-corrected chi connectivity index (χ3v) is 4.73. The smallest absolute Gasteiger partial charge is 0.308 e. The van der Waals surface area contributed by atoms with Gasteiger partial charge in [-0.1, -0.05) is 20.3 Å². The fourth-order valence-corrected chi connectivity index (χ4v) is 3.73. The van der Waals surface area contributed by atoms with Crippen LogP contribution in [-0.2, 0) is 9.53 Å². The molecule has 1 N–H and O–H groups in total. The Kier molecular flexibility index (Phi) is 4.88. The van der Waals surface area contributed by atoms with Gasteiger partial charge in [0, 0.05) is 12.1 Å². The summed E-state index contributed by atoms with van der Waals surface area (Å²) in [6, 6.07) is 1.17. The van der Waals surface area contributed by atoms with Crippen LogP contribution in [0.2, 0.25) is 0 Å². The second-order valence-corrected chi connectivity index (χ2v) is 7.08. The van der Waals surface area contributed by atoms with Gasteiger partial charge < -0.3 is 10.1 Å². The first-order valence-corrected chi connectivity index (χ1v) is 7.93. The van der Waals surface area contributed by atoms with Crippen molar-refractivity contribution >= 4 is 5.97 Å². The third kappa shape index (κ3) is 4.20. The van der Waals surface area contributed by atoms with Crippen LogP contribution in [0.15, 0.2) is 0 Å². The van der Waals surface area contributed by atoms with Crippen molar-refractivity contribution < 1.29 is 9.53 Å². The van der Waals surface area contributed by atoms with Crippen LogP contribution < -0.4 is 5.32 Å². The van der Waals surface area contributed by atoms with E-state index in [2.05, 4.69) is 19.2 Å². The Morgan fingerprint density at radius 2 is 2.05 bits per heavy atom. The molecular weight excluding hydrogens is 238 g/mol. The Labute approximate surface area is 117 Å². The molecule has 0 radical (unpaired) electrons. The second kappa shape index (κ2) is 6.25. The van der Waals surface area contributed by atoms with E-state index in [9.17, 15) is 4.79 Å². The fraction of sp³-hybridized carbons (Fsp3) is 0.938. The average Bonchev–Trinajstić information content (AvgIpc) is 2.69. The molecule has 0 aromatic heterocycles. The van der Waals surface area contributed by atoms with Gasteiger partial charge in [-0.15, -0.1) is 0 Å². The van der Waals surface area contributed by atoms with Crippen LogP contribution in [-0.4, -0.2) is 24.7 Å². The summed E-state index contributed by atoms with van der Waals surface area (Å²) in [7, 11) is 0. The minimum Gasteiger partial charge on any atom is -0.466 e. The maximum Gasteiger partial charge on any atom is 0.308 e. The zero-order valence-electron chi connectivity index (χ0n) is 12.7. The Hall–Kier alpha value is -0.570. The van der Waals surface area contributed by atoms with E-state index in [0.29, 0.717) is 24.1 Å². The van der Waals surface area contributed by atoms with E-state index in [0.717, 1.165) is 19.3 Å². The van der Waals surface area contributed by atoms with Crippen molar-refractivity contribution in [3.8, 4) is 0 Å². The summed E-state index contributed by atoms with van der Waals surface area (Å²) in [6.45, 7) is 7.11. The fourth-order valence-electron chi connectivity index (χ4n) is 3.73. The van der Waals surface area contributed by atoms with Crippen molar-refractivity contribution in [2.24, 2.45) is 11.3 Å². The van der Waals surface area contributed by atoms with Gasteiger partial charge in [0.05, 0.1) is 12.5 Å². The van der Waals surface area contributed by atoms with Crippen LogP contribution in [0, 0.1) is 11.3 Å². The van der Waals surface area contributed by atoms with Crippen molar-refractivity contribution in [3.63, 3.8) is 0 Å². The summed E-state index contributed by atoms with van der Waals surface area (Å²) in [4.78, 5) is 11.8. The molecule has 3 heteroatoms. The third-order valence-electron chi connectivity index (χ3n) is 4.73. The SMILES string of the molecule is CCOC(=O)C1CCCC(NC2CCC(C)(C)C2)C1. The van der Waals surface area contributed by atoms with E-state index in [1.165, 1.54) is 25.7 Å². The van der Waals surface area contributed by atoms with Gasteiger partial charge in [0.2, 0.25) is 0 Å². The number of ether oxygens (including phenoxy) is 1. The predicted octanol–water partition coefficient (Wildman–Crippen LogP) is 3.28. The highest BCUT2D eigenvalue weighted by Gasteiger charge is 2.34. The molecule has 3 nitrogen and oxygen atoms in total. The number of carbonyl (C=O) groups excluding carboxylic acids is 1. The summed E-state index contributed by atoms with van der Waals surface area (Å²) < 4.78 is 5.17. The molecule has 0 aliphatic heterocycles. The number of esters is 1. The lowest BCUT2D eigenvalue weighted by Crippen LogP contribution is -2.41. The van der Waals surface area contributed by atoms with Gasteiger partial charge in [0.15, 0.2) is 0 Å². The highest BCUT2D eigenvalue weighted by atomic mass is 16.5. The molecule has 2 aliphatic carbocycles. The molecule has 0 bridgehead atoms. The van der Waals surface area contributed by atoms with E-state index in [-0.39, 0.29) is 11.9 Å². The molecule has 2 saturated carbocycles. The van der Waals surface area contributed by atoms with Crippen molar-refractivity contribution in [3.05, 3.63) is 0 Å². The average molecular weight is 267 g/mol. The van der Waals surface area contributed by atoms with Crippen molar-refractivity contribution in [1.29, 1.82) is 0 Å². The monoisotopic (exact) mass is 267 g/mol. The first-order chi connectivity index (χ1) is 9.00. The van der Waals surface area contributed by atoms with E-state index in [4.69, 9.17) is 4.74 Å². The Morgan fingerprint density at radius 1 is 1.26 bits per heavy atom. The van der Waals surface area contributed by atoms with Gasteiger partial charge >= 0.3 is 5.97 Å². The van der Waals surface area contributed by atoms with E-state index < -0.39 is 0 Å². The minimum atomic E-state index is 0.0146. The maximum atomic E-state index is 11.8. The van der Waals surface area contributed by atoms with Gasteiger partial charge in [-0.25, -0.2) is 0 Å². The molecule has 0 saturated heterocycles. The molecule has 0 aromatic carbocycles. The molecule has 3 atom stereocenters. The second-order valence-electron chi connectivity index (χ2n) is 7.08. The van der Waals surface area contributed by atoms with Crippen LogP contribution in [0.3, 0.4) is 0 Å². The summed E-state index contributed by atoms with van der Waals surface area (Å²) in [6.07, 6.45) is 8.22. The Bertz CT molecular complexity index is 314. The van der Waals surface area contributed by atoms with Crippen LogP contribution in [0.25, 0.3) is 0 Å². The number of hydrogen-bond acceptors (Lipinski definition) is 3. The molecule has 0 amide bonds. The number of hydrogen-bond donors (Lipinski definition) is 1. The van der Waals surface area contributed by atoms with Crippen molar-refractivity contribution in [1.82, 2.24) is 5.32 Å². The van der Waals surface area contributed by atoms with Crippen LogP contribution in [0.5, 0.6) is 0 Å². The number of rotatable bonds is 4. The molecule has 2 aliphatic rings. The van der Waals surface area contributed by atoms with E-state index in [1.807, 2.05) is 6.92 Å². The standard InChI is InChI=1S/C16H29NO2/c1-4-19-15(18)12-6-5-7-13(10-12)17-14-8-9-16(2,3)11-14/h12-14,17H,4-11H2,1-3H3. The van der Waals surface area contributed by atoms with Crippen LogP contribution >= 0.6 is 0 Å². The van der Waals surface area contributed by atoms with Gasteiger partial charge in [0.1, 0.15) is 0 Å². The molecule has 2 fully saturated rings. The predicted molar refractivity (Wildman–Crippen MR) is 76.9 cm³/mol. The normalized spacial score (nSPS) is 34.2. The molecule has 110 valence electrons. The molecular formula is C16H29NO2. The summed E-state index contributed by atoms with van der Waals surface area (Å²) >= 11 is 0. The lowest BCUT2D eigenvalue weighted by Gasteiger charge is -2.31. The summed E-state index contributed by atoms with van der Waals surface area (Å²) in [5.74, 6) is 0.140. The summed E-state index contributed by atoms with van der Waals surface area (Å²) in [5, 5.41) is 3.79. The Morgan fingerprint density at radius 3 is 2.68 bits per heavy atom. The van der Waals surface area contributed by atoms with Gasteiger partial charge in [0.25, 0.3) is 0 Å². The lowest BCUT2D eigenvalue weighted by molar-refractivity contribution is -0.149.